The maximum atomic E-state index is 3.57. The molecule has 18 heavy (non-hydrogen) atoms. The minimum absolute atomic E-state index is 0.906. The smallest absolute Gasteiger partial charge is 0.0416 e. The summed E-state index contributed by atoms with van der Waals surface area (Å²) in [6.45, 7) is 4.82. The van der Waals surface area contributed by atoms with Gasteiger partial charge in [0.2, 0.25) is 0 Å². The summed E-state index contributed by atoms with van der Waals surface area (Å²) in [6.07, 6.45) is 2.74. The molecule has 4 heteroatoms. The van der Waals surface area contributed by atoms with Crippen LogP contribution in [-0.2, 0) is 5.33 Å². The van der Waals surface area contributed by atoms with Gasteiger partial charge in [0.25, 0.3) is 0 Å². The molecule has 0 aromatic heterocycles. The highest BCUT2D eigenvalue weighted by atomic mass is 79.9. The minimum atomic E-state index is 0.906. The van der Waals surface area contributed by atoms with Crippen LogP contribution in [0.15, 0.2) is 22.7 Å². The Morgan fingerprint density at radius 3 is 2.67 bits per heavy atom. The van der Waals surface area contributed by atoms with Crippen LogP contribution < -0.4 is 4.90 Å². The molecular formula is C14H20Br2N2. The number of rotatable bonds is 5. The van der Waals surface area contributed by atoms with Gasteiger partial charge in [-0.3, -0.25) is 0 Å². The molecule has 1 fully saturated rings. The van der Waals surface area contributed by atoms with Crippen LogP contribution in [0.4, 0.5) is 5.69 Å². The zero-order chi connectivity index (χ0) is 13.0. The fraction of sp³-hybridized carbons (Fsp3) is 0.571. The first-order chi connectivity index (χ1) is 8.70. The Labute approximate surface area is 127 Å². The van der Waals surface area contributed by atoms with E-state index in [1.165, 1.54) is 43.7 Å². The Morgan fingerprint density at radius 2 is 2.00 bits per heavy atom. The summed E-state index contributed by atoms with van der Waals surface area (Å²) < 4.78 is 1.15. The lowest BCUT2D eigenvalue weighted by atomic mass is 10.2. The molecule has 0 spiro atoms. The van der Waals surface area contributed by atoms with Crippen molar-refractivity contribution in [3.05, 3.63) is 28.2 Å². The maximum absolute atomic E-state index is 3.57. The van der Waals surface area contributed by atoms with Crippen LogP contribution in [0, 0.1) is 0 Å². The summed E-state index contributed by atoms with van der Waals surface area (Å²) in [5.41, 5.74) is 2.67. The highest BCUT2D eigenvalue weighted by Gasteiger charge is 2.13. The summed E-state index contributed by atoms with van der Waals surface area (Å²) in [5.74, 6) is 0. The molecule has 2 nitrogen and oxygen atoms in total. The molecule has 100 valence electrons. The minimum Gasteiger partial charge on any atom is -0.373 e. The number of hydrogen-bond donors (Lipinski definition) is 0. The zero-order valence-corrected chi connectivity index (χ0v) is 14.0. The van der Waals surface area contributed by atoms with Crippen LogP contribution in [0.25, 0.3) is 0 Å². The highest BCUT2D eigenvalue weighted by Crippen LogP contribution is 2.26. The molecule has 1 aromatic carbocycles. The van der Waals surface area contributed by atoms with Crippen molar-refractivity contribution in [2.24, 2.45) is 0 Å². The van der Waals surface area contributed by atoms with E-state index in [1.807, 2.05) is 0 Å². The van der Waals surface area contributed by atoms with Crippen molar-refractivity contribution < 1.29 is 0 Å². The van der Waals surface area contributed by atoms with E-state index in [0.717, 1.165) is 16.3 Å². The number of nitrogens with zero attached hydrogens (tertiary/aromatic N) is 2. The van der Waals surface area contributed by atoms with E-state index in [-0.39, 0.29) is 0 Å². The summed E-state index contributed by atoms with van der Waals surface area (Å²) >= 11 is 7.12. The molecule has 2 rings (SSSR count). The standard InChI is InChI=1S/C14H20Br2N2/c1-17(8-9-18-6-2-3-7-18)14-10-13(16)5-4-12(14)11-15/h4-5,10H,2-3,6-9,11H2,1H3. The molecule has 1 aromatic rings. The molecule has 0 atom stereocenters. The van der Waals surface area contributed by atoms with E-state index >= 15 is 0 Å². The van der Waals surface area contributed by atoms with E-state index in [2.05, 4.69) is 66.9 Å². The van der Waals surface area contributed by atoms with Crippen molar-refractivity contribution in [3.8, 4) is 0 Å². The second-order valence-electron chi connectivity index (χ2n) is 4.88. The summed E-state index contributed by atoms with van der Waals surface area (Å²) in [7, 11) is 2.18. The number of anilines is 1. The summed E-state index contributed by atoms with van der Waals surface area (Å²) in [4.78, 5) is 4.92. The quantitative estimate of drug-likeness (QED) is 0.720. The van der Waals surface area contributed by atoms with Crippen LogP contribution in [0.1, 0.15) is 18.4 Å². The Kier molecular flexibility index (Phi) is 5.52. The molecule has 0 N–H and O–H groups in total. The van der Waals surface area contributed by atoms with Gasteiger partial charge in [-0.05, 0) is 43.6 Å². The molecule has 0 aliphatic carbocycles. The normalized spacial score (nSPS) is 16.2. The number of benzene rings is 1. The lowest BCUT2D eigenvalue weighted by molar-refractivity contribution is 0.346. The molecule has 1 saturated heterocycles. The largest absolute Gasteiger partial charge is 0.373 e. The molecular weight excluding hydrogens is 356 g/mol. The van der Waals surface area contributed by atoms with E-state index in [1.54, 1.807) is 0 Å². The van der Waals surface area contributed by atoms with E-state index in [9.17, 15) is 0 Å². The van der Waals surface area contributed by atoms with Crippen LogP contribution in [0.5, 0.6) is 0 Å². The maximum Gasteiger partial charge on any atom is 0.0416 e. The molecule has 1 heterocycles. The fourth-order valence-corrected chi connectivity index (χ4v) is 3.25. The van der Waals surface area contributed by atoms with Crippen LogP contribution in [-0.4, -0.2) is 38.1 Å². The van der Waals surface area contributed by atoms with Gasteiger partial charge < -0.3 is 9.80 Å². The van der Waals surface area contributed by atoms with Crippen molar-refractivity contribution in [2.45, 2.75) is 18.2 Å². The molecule has 0 bridgehead atoms. The lowest BCUT2D eigenvalue weighted by Gasteiger charge is -2.25. The van der Waals surface area contributed by atoms with Gasteiger partial charge in [-0.15, -0.1) is 0 Å². The van der Waals surface area contributed by atoms with Crippen molar-refractivity contribution >= 4 is 37.5 Å². The van der Waals surface area contributed by atoms with Crippen molar-refractivity contribution in [1.82, 2.24) is 4.90 Å². The Morgan fingerprint density at radius 1 is 1.28 bits per heavy atom. The third-order valence-corrected chi connectivity index (χ3v) is 4.65. The van der Waals surface area contributed by atoms with Gasteiger partial charge in [0.05, 0.1) is 0 Å². The van der Waals surface area contributed by atoms with Gasteiger partial charge >= 0.3 is 0 Å². The predicted octanol–water partition coefficient (Wildman–Crippen LogP) is 3.88. The molecule has 0 amide bonds. The first-order valence-corrected chi connectivity index (χ1v) is 8.40. The fourth-order valence-electron chi connectivity index (χ4n) is 2.42. The van der Waals surface area contributed by atoms with Crippen LogP contribution >= 0.6 is 31.9 Å². The number of hydrogen-bond acceptors (Lipinski definition) is 2. The molecule has 0 unspecified atom stereocenters. The van der Waals surface area contributed by atoms with E-state index in [0.29, 0.717) is 0 Å². The number of likely N-dealkylation sites (N-methyl/N-ethyl adjacent to an activating group) is 1. The Balaban J connectivity index is 1.98. The summed E-state index contributed by atoms with van der Waals surface area (Å²) in [5, 5.41) is 0.906. The van der Waals surface area contributed by atoms with Crippen molar-refractivity contribution in [1.29, 1.82) is 0 Å². The van der Waals surface area contributed by atoms with Gasteiger partial charge in [-0.2, -0.15) is 0 Å². The average molecular weight is 376 g/mol. The average Bonchev–Trinajstić information content (AvgIpc) is 2.89. The third kappa shape index (κ3) is 3.72. The Bertz CT molecular complexity index is 389. The van der Waals surface area contributed by atoms with E-state index in [4.69, 9.17) is 0 Å². The number of alkyl halides is 1. The van der Waals surface area contributed by atoms with Gasteiger partial charge in [-0.1, -0.05) is 37.9 Å². The molecule has 0 saturated carbocycles. The molecule has 1 aliphatic rings. The van der Waals surface area contributed by atoms with Crippen LogP contribution in [0.2, 0.25) is 0 Å². The molecule has 1 aliphatic heterocycles. The van der Waals surface area contributed by atoms with Gasteiger partial charge in [0, 0.05) is 35.6 Å². The number of halogens is 2. The monoisotopic (exact) mass is 374 g/mol. The van der Waals surface area contributed by atoms with Crippen molar-refractivity contribution in [3.63, 3.8) is 0 Å². The van der Waals surface area contributed by atoms with Crippen molar-refractivity contribution in [2.75, 3.05) is 38.1 Å². The van der Waals surface area contributed by atoms with Crippen LogP contribution in [0.3, 0.4) is 0 Å². The first kappa shape index (κ1) is 14.4. The zero-order valence-electron chi connectivity index (χ0n) is 10.8. The second-order valence-corrected chi connectivity index (χ2v) is 6.35. The topological polar surface area (TPSA) is 6.48 Å². The van der Waals surface area contributed by atoms with Gasteiger partial charge in [0.1, 0.15) is 0 Å². The lowest BCUT2D eigenvalue weighted by Crippen LogP contribution is -2.31. The molecule has 0 radical (unpaired) electrons. The second kappa shape index (κ2) is 6.92. The third-order valence-electron chi connectivity index (χ3n) is 3.55. The Hall–Kier alpha value is -0.0600. The van der Waals surface area contributed by atoms with E-state index < -0.39 is 0 Å². The first-order valence-electron chi connectivity index (χ1n) is 6.48. The van der Waals surface area contributed by atoms with Gasteiger partial charge in [0.15, 0.2) is 0 Å². The SMILES string of the molecule is CN(CCN1CCCC1)c1cc(Br)ccc1CBr. The number of likely N-dealkylation sites (tertiary alicyclic amines) is 1. The van der Waals surface area contributed by atoms with Gasteiger partial charge in [-0.25, -0.2) is 0 Å². The highest BCUT2D eigenvalue weighted by molar-refractivity contribution is 9.10. The predicted molar refractivity (Wildman–Crippen MR) is 85.7 cm³/mol. The summed E-state index contributed by atoms with van der Waals surface area (Å²) in [6, 6.07) is 6.50.